The summed E-state index contributed by atoms with van der Waals surface area (Å²) in [5.41, 5.74) is 8.46. The Morgan fingerprint density at radius 2 is 1.66 bits per heavy atom. The number of benzene rings is 1. The number of aryl methyl sites for hydroxylation is 1. The van der Waals surface area contributed by atoms with Gasteiger partial charge in [-0.05, 0) is 195 Å². The normalized spacial score (nSPS) is 42.0. The third-order valence-corrected chi connectivity index (χ3v) is 26.6. The number of aliphatic hydroxyl groups excluding tert-OH is 2. The fourth-order valence-electron chi connectivity index (χ4n) is 22.7. The third-order valence-electron chi connectivity index (χ3n) is 26.6. The molecule has 80 heavy (non-hydrogen) atoms. The van der Waals surface area contributed by atoms with Crippen molar-refractivity contribution >= 4 is 22.6 Å². The molecule has 15 rings (SSSR count). The number of fused-ring (bicyclic) bond motifs is 9. The van der Waals surface area contributed by atoms with E-state index >= 15 is 9.59 Å². The molecule has 3 aromatic heterocycles. The first-order chi connectivity index (χ1) is 38.2. The lowest BCUT2D eigenvalue weighted by Gasteiger charge is -2.76. The highest BCUT2D eigenvalue weighted by Gasteiger charge is 2.81. The number of hydrogen-bond acceptors (Lipinski definition) is 8. The van der Waals surface area contributed by atoms with Gasteiger partial charge in [-0.3, -0.25) is 9.59 Å². The first-order valence-corrected chi connectivity index (χ1v) is 32.1. The van der Waals surface area contributed by atoms with Gasteiger partial charge in [0.25, 0.3) is 0 Å². The number of nitrogens with zero attached hydrogens (tertiary/aromatic N) is 1. The van der Waals surface area contributed by atoms with E-state index in [-0.39, 0.29) is 41.1 Å². The predicted molar refractivity (Wildman–Crippen MR) is 309 cm³/mol. The molecule has 11 nitrogen and oxygen atoms in total. The van der Waals surface area contributed by atoms with Crippen molar-refractivity contribution in [1.29, 1.82) is 0 Å². The SMILES string of the molecule is CNC1CCCC2(C1)C(=O)C1c3cc[nH]c3C3CCC1(C3)C1(C)C2CCC2(C)C1C(O)C1Cn3cc(Cc4cc(C5CCCCC5)cc(C5(O)CCOCC5)c4)c4[nH]cc(c43)CCC(C)(CC(O)C3OC3(C)C)C3=C1C2(C)CC3=O. The Morgan fingerprint density at radius 1 is 0.875 bits per heavy atom. The number of nitrogens with one attached hydrogen (secondary N) is 3. The number of Topliss-reactive ketones (excluding diaryl/α,β-unsaturated/α-hetero) is 2. The number of aliphatic hydroxyl groups is 3. The van der Waals surface area contributed by atoms with E-state index in [9.17, 15) is 15.3 Å². The Hall–Kier alpha value is -3.84. The van der Waals surface area contributed by atoms with Gasteiger partial charge in [-0.15, -0.1) is 0 Å². The van der Waals surface area contributed by atoms with Gasteiger partial charge < -0.3 is 44.6 Å². The van der Waals surface area contributed by atoms with Gasteiger partial charge >= 0.3 is 0 Å². The molecule has 11 aliphatic rings. The van der Waals surface area contributed by atoms with Crippen LogP contribution in [0.5, 0.6) is 0 Å². The summed E-state index contributed by atoms with van der Waals surface area (Å²) >= 11 is 0. The zero-order valence-electron chi connectivity index (χ0n) is 49.2. The number of ketones is 2. The number of allylic oxidation sites excluding steroid dienone is 1. The molecule has 15 atom stereocenters. The molecule has 0 radical (unpaired) electrons. The summed E-state index contributed by atoms with van der Waals surface area (Å²) in [6.45, 7) is 15.6. The van der Waals surface area contributed by atoms with Crippen LogP contribution < -0.4 is 5.32 Å². The minimum Gasteiger partial charge on any atom is -0.392 e. The zero-order valence-corrected chi connectivity index (χ0v) is 49.2. The van der Waals surface area contributed by atoms with Crippen molar-refractivity contribution in [3.63, 3.8) is 0 Å². The summed E-state index contributed by atoms with van der Waals surface area (Å²) in [7, 11) is 2.09. The summed E-state index contributed by atoms with van der Waals surface area (Å²) in [4.78, 5) is 39.9. The Morgan fingerprint density at radius 3 is 2.42 bits per heavy atom. The van der Waals surface area contributed by atoms with Crippen molar-refractivity contribution in [1.82, 2.24) is 19.9 Å². The number of rotatable bonds is 8. The number of aromatic nitrogens is 3. The molecule has 15 unspecified atom stereocenters. The van der Waals surface area contributed by atoms with Crippen molar-refractivity contribution in [2.75, 3.05) is 20.3 Å². The predicted octanol–water partition coefficient (Wildman–Crippen LogP) is 11.9. The number of ether oxygens (including phenoxy) is 2. The Bertz CT molecular complexity index is 3220. The van der Waals surface area contributed by atoms with E-state index < -0.39 is 56.4 Å². The topological polar surface area (TPSA) is 165 Å². The third kappa shape index (κ3) is 7.06. The molecule has 2 bridgehead atoms. The van der Waals surface area contributed by atoms with E-state index in [0.29, 0.717) is 75.9 Å². The maximum Gasteiger partial charge on any atom is 0.160 e. The Labute approximate surface area is 474 Å². The van der Waals surface area contributed by atoms with Crippen LogP contribution in [0.2, 0.25) is 0 Å². The summed E-state index contributed by atoms with van der Waals surface area (Å²) in [6, 6.07) is 9.57. The van der Waals surface area contributed by atoms with Crippen LogP contribution in [0.15, 0.2) is 54.0 Å². The van der Waals surface area contributed by atoms with Crippen molar-refractivity contribution in [3.8, 4) is 0 Å². The molecule has 2 spiro atoms. The monoisotopic (exact) mass is 1090 g/mol. The summed E-state index contributed by atoms with van der Waals surface area (Å²) in [6.07, 6.45) is 23.6. The quantitative estimate of drug-likeness (QED) is 0.0949. The molecule has 6 heterocycles. The van der Waals surface area contributed by atoms with Crippen LogP contribution in [0, 0.1) is 50.2 Å². The molecule has 11 heteroatoms. The van der Waals surface area contributed by atoms with Gasteiger partial charge in [0.05, 0.1) is 40.4 Å². The Kier molecular flexibility index (Phi) is 11.8. The fourth-order valence-corrected chi connectivity index (χ4v) is 22.7. The number of aromatic amines is 2. The van der Waals surface area contributed by atoms with E-state index in [1.807, 2.05) is 0 Å². The standard InChI is InChI=1S/C69H92N4O7/c1-62(2)61(80-62)50(75)34-63(3)20-15-42-36-72-56-44(29-39-28-43(40-12-9-8-10-13-40)31-45(30-39)69(78)23-26-79-27-24-69)37-73(57(42)56)38-48-52-54(63)49(74)35-65(52,5)64(4)21-17-51-66(6,59(64)58(48)76)68-22-16-41(32-68)55-47(18-25-71-55)53(68)60(77)67(51)19-11-14-46(33-67)70-7/h18,25,28,30-31,36-37,40-41,46,48,50-51,53,58-59,61,70-72,75-76,78H,8-17,19-24,26-27,29,32-35,38H2,1-7H3. The van der Waals surface area contributed by atoms with Crippen molar-refractivity contribution in [2.45, 2.75) is 236 Å². The lowest BCUT2D eigenvalue weighted by atomic mass is 9.27. The fraction of sp³-hybridized carbons (Fsp3) is 0.710. The minimum absolute atomic E-state index is 0.101. The Balaban J connectivity index is 0.912. The minimum atomic E-state index is -0.927. The molecule has 6 N–H and O–H groups in total. The van der Waals surface area contributed by atoms with E-state index in [1.165, 1.54) is 71.1 Å². The molecule has 8 aliphatic carbocycles. The highest BCUT2D eigenvalue weighted by molar-refractivity contribution is 6.02. The first-order valence-electron chi connectivity index (χ1n) is 32.1. The van der Waals surface area contributed by atoms with E-state index in [2.05, 4.69) is 111 Å². The lowest BCUT2D eigenvalue weighted by molar-refractivity contribution is -0.271. The molecule has 4 aromatic rings. The zero-order chi connectivity index (χ0) is 55.3. The van der Waals surface area contributed by atoms with E-state index in [0.717, 1.165) is 86.4 Å². The summed E-state index contributed by atoms with van der Waals surface area (Å²) in [5, 5.41) is 43.0. The van der Waals surface area contributed by atoms with Gasteiger partial charge in [-0.2, -0.15) is 0 Å². The van der Waals surface area contributed by atoms with Crippen molar-refractivity contribution in [2.24, 2.45) is 50.2 Å². The van der Waals surface area contributed by atoms with Gasteiger partial charge in [-0.1, -0.05) is 71.6 Å². The van der Waals surface area contributed by atoms with Crippen LogP contribution in [-0.4, -0.2) is 91.6 Å². The van der Waals surface area contributed by atoms with Gasteiger partial charge in [0.15, 0.2) is 5.78 Å². The molecular formula is C69H92N4O7. The molecule has 8 fully saturated rings. The maximum absolute atomic E-state index is 16.4. The van der Waals surface area contributed by atoms with Gasteiger partial charge in [0.1, 0.15) is 11.9 Å². The van der Waals surface area contributed by atoms with Crippen LogP contribution in [0.1, 0.15) is 220 Å². The highest BCUT2D eigenvalue weighted by atomic mass is 16.6. The molecular weight excluding hydrogens is 997 g/mol. The maximum atomic E-state index is 16.4. The van der Waals surface area contributed by atoms with Crippen LogP contribution in [-0.2, 0) is 44.1 Å². The lowest BCUT2D eigenvalue weighted by Crippen LogP contribution is -2.75. The van der Waals surface area contributed by atoms with Crippen LogP contribution in [0.25, 0.3) is 11.0 Å². The van der Waals surface area contributed by atoms with Crippen LogP contribution >= 0.6 is 0 Å². The summed E-state index contributed by atoms with van der Waals surface area (Å²) < 4.78 is 14.5. The van der Waals surface area contributed by atoms with Gasteiger partial charge in [-0.25, -0.2) is 0 Å². The van der Waals surface area contributed by atoms with Crippen LogP contribution in [0.4, 0.5) is 0 Å². The van der Waals surface area contributed by atoms with Gasteiger partial charge in [0.2, 0.25) is 0 Å². The molecule has 430 valence electrons. The molecule has 1 aromatic carbocycles. The summed E-state index contributed by atoms with van der Waals surface area (Å²) in [5.74, 6) is 0.797. The van der Waals surface area contributed by atoms with Crippen molar-refractivity contribution < 1.29 is 34.4 Å². The van der Waals surface area contributed by atoms with Crippen LogP contribution in [0.3, 0.4) is 0 Å². The van der Waals surface area contributed by atoms with Crippen molar-refractivity contribution in [3.05, 3.63) is 93.1 Å². The molecule has 6 saturated carbocycles. The average molecular weight is 1090 g/mol. The van der Waals surface area contributed by atoms with E-state index in [1.54, 1.807) is 0 Å². The number of carbonyl (C=O) groups excluding carboxylic acids is 2. The van der Waals surface area contributed by atoms with Gasteiger partial charge in [0, 0.05) is 98.1 Å². The molecule has 3 aliphatic heterocycles. The number of hydrogen-bond donors (Lipinski definition) is 6. The average Bonchev–Trinajstić information content (AvgIpc) is 2.26. The molecule has 0 amide bonds. The van der Waals surface area contributed by atoms with E-state index in [4.69, 9.17) is 9.47 Å². The molecule has 2 saturated heterocycles. The number of carbonyl (C=O) groups is 2. The first kappa shape index (κ1) is 52.9. The number of H-pyrrole nitrogens is 2. The number of epoxide rings is 1. The highest BCUT2D eigenvalue weighted by Crippen LogP contribution is 2.84. The largest absolute Gasteiger partial charge is 0.392 e. The second-order valence-electron chi connectivity index (χ2n) is 30.5. The smallest absolute Gasteiger partial charge is 0.160 e. The second kappa shape index (κ2) is 17.9. The second-order valence-corrected chi connectivity index (χ2v) is 30.5.